The molecule has 3 rings (SSSR count). The van der Waals surface area contributed by atoms with Crippen molar-refractivity contribution in [2.75, 3.05) is 5.43 Å². The number of thiocarbonyl (C=S) groups is 2. The Labute approximate surface area is 167 Å². The summed E-state index contributed by atoms with van der Waals surface area (Å²) in [7, 11) is -4.43. The fourth-order valence-corrected chi connectivity index (χ4v) is 3.51. The molecule has 5 N–H and O–H groups in total. The van der Waals surface area contributed by atoms with Crippen molar-refractivity contribution in [1.29, 1.82) is 0 Å². The topological polar surface area (TPSA) is 114 Å². The van der Waals surface area contributed by atoms with Gasteiger partial charge in [-0.1, -0.05) is 47.0 Å². The van der Waals surface area contributed by atoms with E-state index in [0.717, 1.165) is 6.07 Å². The summed E-state index contributed by atoms with van der Waals surface area (Å²) in [6, 6.07) is 7.16. The van der Waals surface area contributed by atoms with E-state index in [9.17, 15) is 18.1 Å². The average Bonchev–Trinajstić information content (AvgIpc) is 2.51. The number of nitrogens with zero attached hydrogens (tertiary/aromatic N) is 1. The number of hydrogen-bond acceptors (Lipinski definition) is 7. The highest BCUT2D eigenvalue weighted by molar-refractivity contribution is 14.1. The van der Waals surface area contributed by atoms with E-state index in [0.29, 0.717) is 26.4 Å². The van der Waals surface area contributed by atoms with Gasteiger partial charge in [-0.15, -0.1) is 0 Å². The van der Waals surface area contributed by atoms with Crippen LogP contribution in [0, 0.1) is 0 Å². The van der Waals surface area contributed by atoms with Gasteiger partial charge in [0.05, 0.1) is 10.6 Å². The minimum atomic E-state index is -4.43. The van der Waals surface area contributed by atoms with Crippen LogP contribution in [0.4, 0.5) is 5.69 Å². The number of hydrazine groups is 3. The molecule has 0 spiro atoms. The summed E-state index contributed by atoms with van der Waals surface area (Å²) in [5, 5.41) is 12.2. The van der Waals surface area contributed by atoms with Gasteiger partial charge < -0.3 is 5.11 Å². The fourth-order valence-electron chi connectivity index (χ4n) is 2.21. The van der Waals surface area contributed by atoms with Gasteiger partial charge in [-0.25, -0.2) is 0 Å². The Balaban J connectivity index is 1.93. The van der Waals surface area contributed by atoms with E-state index in [4.69, 9.17) is 24.4 Å². The monoisotopic (exact) mass is 510 g/mol. The molecule has 1 aliphatic heterocycles. The molecular weight excluding hydrogens is 499 g/mol. The maximum Gasteiger partial charge on any atom is 0.294 e. The molecule has 1 heterocycles. The molecule has 2 aromatic rings. The van der Waals surface area contributed by atoms with Crippen LogP contribution >= 0.6 is 47.0 Å². The highest BCUT2D eigenvalue weighted by Gasteiger charge is 2.25. The van der Waals surface area contributed by atoms with Gasteiger partial charge in [0, 0.05) is 11.5 Å². The van der Waals surface area contributed by atoms with Gasteiger partial charge in [-0.3, -0.25) is 20.8 Å². The molecule has 2 aromatic carbocycles. The largest absolute Gasteiger partial charge is 0.507 e. The molecule has 0 radical (unpaired) electrons. The van der Waals surface area contributed by atoms with E-state index < -0.39 is 10.1 Å². The van der Waals surface area contributed by atoms with Crippen LogP contribution in [0.1, 0.15) is 0 Å². The Morgan fingerprint density at radius 1 is 1.16 bits per heavy atom. The maximum atomic E-state index is 11.3. The van der Waals surface area contributed by atoms with E-state index in [-0.39, 0.29) is 14.6 Å². The predicted molar refractivity (Wildman–Crippen MR) is 110 cm³/mol. The van der Waals surface area contributed by atoms with E-state index in [1.807, 2.05) is 0 Å². The van der Waals surface area contributed by atoms with Gasteiger partial charge in [0.15, 0.2) is 0 Å². The van der Waals surface area contributed by atoms with Crippen LogP contribution in [0.3, 0.4) is 0 Å². The quantitative estimate of drug-likeness (QED) is 0.182. The molecule has 12 heteroatoms. The highest BCUT2D eigenvalue weighted by Crippen LogP contribution is 2.30. The summed E-state index contributed by atoms with van der Waals surface area (Å²) in [5.41, 5.74) is 9.34. The highest BCUT2D eigenvalue weighted by atomic mass is 127. The Morgan fingerprint density at radius 2 is 1.80 bits per heavy atom. The van der Waals surface area contributed by atoms with Gasteiger partial charge in [0.25, 0.3) is 10.1 Å². The van der Waals surface area contributed by atoms with E-state index in [1.165, 1.54) is 11.3 Å². The Bertz CT molecular complexity index is 980. The molecule has 8 nitrogen and oxygen atoms in total. The third-order valence-electron chi connectivity index (χ3n) is 3.35. The number of anilines is 1. The molecule has 1 saturated heterocycles. The Kier molecular flexibility index (Phi) is 5.00. The van der Waals surface area contributed by atoms with Gasteiger partial charge in [-0.2, -0.15) is 8.42 Å². The predicted octanol–water partition coefficient (Wildman–Crippen LogP) is 1.90. The maximum absolute atomic E-state index is 11.3. The second kappa shape index (κ2) is 6.77. The SMILES string of the molecule is O=S(=O)(O)c1cc(O)c2ccc(NN3NC(=S)C(I)C(=S)N3)cc2c1. The minimum Gasteiger partial charge on any atom is -0.507 e. The van der Waals surface area contributed by atoms with Crippen LogP contribution in [0.15, 0.2) is 35.2 Å². The second-order valence-electron chi connectivity index (χ2n) is 5.12. The standard InChI is InChI=1S/C13H11IN4O4S3/c14-11-12(23)16-18(17-13(11)24)15-7-1-2-9-6(3-7)4-8(5-10(9)19)25(20,21)22/h1-5,11,15,19H,(H,16,23)(H,17,24)(H,20,21,22). The number of phenolic OH excluding ortho intramolecular Hbond substituents is 1. The molecule has 132 valence electrons. The molecule has 0 bridgehead atoms. The van der Waals surface area contributed by atoms with Crippen LogP contribution in [0.25, 0.3) is 10.8 Å². The zero-order chi connectivity index (χ0) is 18.4. The summed E-state index contributed by atoms with van der Waals surface area (Å²) < 4.78 is 31.7. The van der Waals surface area contributed by atoms with Crippen molar-refractivity contribution in [2.24, 2.45) is 0 Å². The van der Waals surface area contributed by atoms with Crippen molar-refractivity contribution in [1.82, 2.24) is 16.1 Å². The van der Waals surface area contributed by atoms with Crippen molar-refractivity contribution < 1.29 is 18.1 Å². The number of fused-ring (bicyclic) bond motifs is 1. The summed E-state index contributed by atoms with van der Waals surface area (Å²) in [5.74, 6) is -0.249. The molecule has 0 amide bonds. The van der Waals surface area contributed by atoms with Gasteiger partial charge >= 0.3 is 0 Å². The molecule has 0 aliphatic carbocycles. The lowest BCUT2D eigenvalue weighted by Crippen LogP contribution is -2.64. The van der Waals surface area contributed by atoms with E-state index >= 15 is 0 Å². The van der Waals surface area contributed by atoms with Crippen LogP contribution in [-0.4, -0.2) is 37.2 Å². The zero-order valence-electron chi connectivity index (χ0n) is 12.2. The molecule has 0 unspecified atom stereocenters. The van der Waals surface area contributed by atoms with Crippen molar-refractivity contribution in [2.45, 2.75) is 8.82 Å². The summed E-state index contributed by atoms with van der Waals surface area (Å²) >= 11 is 12.5. The third-order valence-corrected chi connectivity index (χ3v) is 6.92. The van der Waals surface area contributed by atoms with Crippen molar-refractivity contribution in [3.8, 4) is 5.75 Å². The number of halogens is 1. The normalized spacial score (nSPS) is 16.6. The summed E-state index contributed by atoms with van der Waals surface area (Å²) in [4.78, 5) is 0.673. The smallest absolute Gasteiger partial charge is 0.294 e. The Hall–Kier alpha value is -1.32. The summed E-state index contributed by atoms with van der Waals surface area (Å²) in [6.07, 6.45) is 0. The van der Waals surface area contributed by atoms with Crippen LogP contribution in [-0.2, 0) is 10.1 Å². The van der Waals surface area contributed by atoms with Gasteiger partial charge in [0.1, 0.15) is 19.7 Å². The minimum absolute atomic E-state index is 0.119. The van der Waals surface area contributed by atoms with Gasteiger partial charge in [0.2, 0.25) is 0 Å². The van der Waals surface area contributed by atoms with Gasteiger partial charge in [-0.05, 0) is 34.9 Å². The number of alkyl halides is 1. The summed E-state index contributed by atoms with van der Waals surface area (Å²) in [6.45, 7) is 0. The Morgan fingerprint density at radius 3 is 2.40 bits per heavy atom. The van der Waals surface area contributed by atoms with Crippen molar-refractivity contribution >= 4 is 83.6 Å². The first-order valence-corrected chi connectivity index (χ1v) is 10.2. The van der Waals surface area contributed by atoms with Crippen LogP contribution in [0.5, 0.6) is 5.75 Å². The number of aromatic hydroxyl groups is 1. The first-order valence-electron chi connectivity index (χ1n) is 6.71. The van der Waals surface area contributed by atoms with Crippen molar-refractivity contribution in [3.63, 3.8) is 0 Å². The number of rotatable bonds is 3. The fraction of sp³-hybridized carbons (Fsp3) is 0.0769. The number of benzene rings is 2. The molecule has 0 aromatic heterocycles. The van der Waals surface area contributed by atoms with E-state index in [1.54, 1.807) is 18.2 Å². The number of phenols is 1. The van der Waals surface area contributed by atoms with Crippen LogP contribution in [0.2, 0.25) is 0 Å². The first-order chi connectivity index (χ1) is 11.6. The molecule has 1 fully saturated rings. The number of hydrogen-bond donors (Lipinski definition) is 5. The molecular formula is C13H11IN4O4S3. The second-order valence-corrected chi connectivity index (χ2v) is 8.66. The zero-order valence-corrected chi connectivity index (χ0v) is 16.8. The lowest BCUT2D eigenvalue weighted by Gasteiger charge is -2.33. The average molecular weight is 510 g/mol. The first kappa shape index (κ1) is 18.5. The third kappa shape index (κ3) is 3.93. The number of nitrogens with one attached hydrogen (secondary N) is 3. The molecule has 0 atom stereocenters. The molecule has 25 heavy (non-hydrogen) atoms. The van der Waals surface area contributed by atoms with E-state index in [2.05, 4.69) is 38.9 Å². The lowest BCUT2D eigenvalue weighted by atomic mass is 10.1. The lowest BCUT2D eigenvalue weighted by molar-refractivity contribution is 0.240. The van der Waals surface area contributed by atoms with Crippen LogP contribution < -0.4 is 16.3 Å². The molecule has 0 saturated carbocycles. The van der Waals surface area contributed by atoms with Crippen molar-refractivity contribution in [3.05, 3.63) is 30.3 Å². The molecule has 1 aliphatic rings.